The molecule has 0 unspecified atom stereocenters. The molecule has 2 aromatic rings. The molecule has 1 heterocycles. The van der Waals surface area contributed by atoms with Gasteiger partial charge < -0.3 is 4.90 Å². The van der Waals surface area contributed by atoms with Gasteiger partial charge >= 0.3 is 6.03 Å². The zero-order chi connectivity index (χ0) is 16.3. The molecule has 0 fully saturated rings. The molecule has 1 aromatic heterocycles. The number of halogens is 1. The van der Waals surface area contributed by atoms with Crippen molar-refractivity contribution in [3.63, 3.8) is 0 Å². The molecule has 118 valence electrons. The summed E-state index contributed by atoms with van der Waals surface area (Å²) >= 11 is 1.37. The number of hydrogen-bond acceptors (Lipinski definition) is 4. The van der Waals surface area contributed by atoms with Gasteiger partial charge in [0.25, 0.3) is 0 Å². The van der Waals surface area contributed by atoms with Crippen LogP contribution in [0.4, 0.5) is 14.3 Å². The Bertz CT molecular complexity index is 641. The summed E-state index contributed by atoms with van der Waals surface area (Å²) < 4.78 is 13.0. The Morgan fingerprint density at radius 3 is 2.41 bits per heavy atom. The average molecular weight is 322 g/mol. The van der Waals surface area contributed by atoms with Crippen LogP contribution in [-0.2, 0) is 0 Å². The molecule has 0 radical (unpaired) electrons. The topological polar surface area (TPSA) is 58.1 Å². The highest BCUT2D eigenvalue weighted by Gasteiger charge is 2.19. The summed E-state index contributed by atoms with van der Waals surface area (Å²) in [5.74, 6) is -0.0165. The first kappa shape index (κ1) is 16.4. The molecule has 5 nitrogen and oxygen atoms in total. The molecule has 0 saturated carbocycles. The number of carbonyl (C=O) groups is 1. The van der Waals surface area contributed by atoms with Gasteiger partial charge in [0.1, 0.15) is 10.8 Å². The summed E-state index contributed by atoms with van der Waals surface area (Å²) in [6, 6.07) is 5.66. The minimum atomic E-state index is -0.293. The molecule has 0 aliphatic heterocycles. The van der Waals surface area contributed by atoms with Gasteiger partial charge in [0.15, 0.2) is 0 Å². The number of benzene rings is 1. The molecular weight excluding hydrogens is 303 g/mol. The Morgan fingerprint density at radius 1 is 1.23 bits per heavy atom. The summed E-state index contributed by atoms with van der Waals surface area (Å²) in [7, 11) is 1.69. The second kappa shape index (κ2) is 6.83. The van der Waals surface area contributed by atoms with Crippen molar-refractivity contribution in [2.45, 2.75) is 32.7 Å². The first-order chi connectivity index (χ1) is 10.4. The molecule has 0 bridgehead atoms. The largest absolute Gasteiger partial charge is 0.323 e. The lowest BCUT2D eigenvalue weighted by Crippen LogP contribution is -2.33. The third-order valence-electron chi connectivity index (χ3n) is 3.40. The maximum atomic E-state index is 13.0. The van der Waals surface area contributed by atoms with Crippen LogP contribution in [0.25, 0.3) is 0 Å². The van der Waals surface area contributed by atoms with Crippen LogP contribution < -0.4 is 5.32 Å². The molecule has 1 aromatic carbocycles. The van der Waals surface area contributed by atoms with E-state index < -0.39 is 0 Å². The van der Waals surface area contributed by atoms with Gasteiger partial charge in [-0.3, -0.25) is 5.32 Å². The maximum Gasteiger partial charge on any atom is 0.323 e. The van der Waals surface area contributed by atoms with Crippen molar-refractivity contribution in [2.75, 3.05) is 12.4 Å². The number of hydrogen-bond donors (Lipinski definition) is 1. The average Bonchev–Trinajstić information content (AvgIpc) is 2.95. The standard InChI is InChI=1S/C15H19FN4OS/c1-9(2)13-18-19-14(22-13)17-15(21)20(4)10(3)11-5-7-12(16)8-6-11/h5-10H,1-4H3,(H,17,19,21)/t10-/m1/s1. The van der Waals surface area contributed by atoms with Crippen LogP contribution in [0.15, 0.2) is 24.3 Å². The number of aromatic nitrogens is 2. The fourth-order valence-corrected chi connectivity index (χ4v) is 2.57. The quantitative estimate of drug-likeness (QED) is 0.924. The van der Waals surface area contributed by atoms with Crippen molar-refractivity contribution in [1.29, 1.82) is 0 Å². The highest BCUT2D eigenvalue weighted by molar-refractivity contribution is 7.15. The number of carbonyl (C=O) groups excluding carboxylic acids is 1. The van der Waals surface area contributed by atoms with Crippen LogP contribution >= 0.6 is 11.3 Å². The van der Waals surface area contributed by atoms with Gasteiger partial charge in [0.05, 0.1) is 6.04 Å². The Hall–Kier alpha value is -2.02. The first-order valence-electron chi connectivity index (χ1n) is 7.01. The second-order valence-electron chi connectivity index (χ2n) is 5.37. The zero-order valence-corrected chi connectivity index (χ0v) is 13.8. The maximum absolute atomic E-state index is 13.0. The Balaban J connectivity index is 2.03. The van der Waals surface area contributed by atoms with E-state index in [0.717, 1.165) is 10.6 Å². The van der Waals surface area contributed by atoms with Crippen LogP contribution in [0.1, 0.15) is 43.3 Å². The SMILES string of the molecule is CC(C)c1nnc(NC(=O)N(C)[C@H](C)c2ccc(F)cc2)s1. The van der Waals surface area contributed by atoms with Crippen molar-refractivity contribution in [3.05, 3.63) is 40.7 Å². The van der Waals surface area contributed by atoms with Crippen molar-refractivity contribution in [3.8, 4) is 0 Å². The number of rotatable bonds is 4. The minimum Gasteiger partial charge on any atom is -0.321 e. The number of urea groups is 1. The summed E-state index contributed by atoms with van der Waals surface area (Å²) in [6.07, 6.45) is 0. The molecule has 0 aliphatic rings. The van der Waals surface area contributed by atoms with E-state index in [1.165, 1.54) is 23.5 Å². The molecule has 2 amide bonds. The molecule has 2 rings (SSSR count). The number of nitrogens with one attached hydrogen (secondary N) is 1. The van der Waals surface area contributed by atoms with Crippen molar-refractivity contribution < 1.29 is 9.18 Å². The molecule has 0 saturated heterocycles. The molecule has 0 aliphatic carbocycles. The van der Waals surface area contributed by atoms with Gasteiger partial charge in [-0.15, -0.1) is 10.2 Å². The molecular formula is C15H19FN4OS. The van der Waals surface area contributed by atoms with Crippen molar-refractivity contribution in [1.82, 2.24) is 15.1 Å². The summed E-state index contributed by atoms with van der Waals surface area (Å²) in [5.41, 5.74) is 0.860. The third kappa shape index (κ3) is 3.79. The third-order valence-corrected chi connectivity index (χ3v) is 4.54. The van der Waals surface area contributed by atoms with E-state index >= 15 is 0 Å². The van der Waals surface area contributed by atoms with E-state index in [1.54, 1.807) is 24.1 Å². The second-order valence-corrected chi connectivity index (χ2v) is 6.38. The monoisotopic (exact) mass is 322 g/mol. The predicted molar refractivity (Wildman–Crippen MR) is 85.6 cm³/mol. The summed E-state index contributed by atoms with van der Waals surface area (Å²) in [6.45, 7) is 5.93. The van der Waals surface area contributed by atoms with Crippen LogP contribution in [-0.4, -0.2) is 28.2 Å². The van der Waals surface area contributed by atoms with Crippen LogP contribution in [0.2, 0.25) is 0 Å². The van der Waals surface area contributed by atoms with E-state index in [-0.39, 0.29) is 23.8 Å². The Labute approximate surface area is 133 Å². The van der Waals surface area contributed by atoms with E-state index in [4.69, 9.17) is 0 Å². The van der Waals surface area contributed by atoms with Gasteiger partial charge in [-0.05, 0) is 24.6 Å². The van der Waals surface area contributed by atoms with E-state index in [2.05, 4.69) is 15.5 Å². The lowest BCUT2D eigenvalue weighted by Gasteiger charge is -2.25. The predicted octanol–water partition coefficient (Wildman–Crippen LogP) is 4.03. The number of nitrogens with zero attached hydrogens (tertiary/aromatic N) is 3. The highest BCUT2D eigenvalue weighted by Crippen LogP contribution is 2.24. The molecule has 1 atom stereocenters. The smallest absolute Gasteiger partial charge is 0.321 e. The van der Waals surface area contributed by atoms with Gasteiger partial charge in [-0.25, -0.2) is 9.18 Å². The van der Waals surface area contributed by atoms with E-state index in [9.17, 15) is 9.18 Å². The van der Waals surface area contributed by atoms with Crippen LogP contribution in [0.3, 0.4) is 0 Å². The number of anilines is 1. The normalized spacial score (nSPS) is 12.3. The number of amides is 2. The summed E-state index contributed by atoms with van der Waals surface area (Å²) in [4.78, 5) is 13.8. The van der Waals surface area contributed by atoms with Crippen molar-refractivity contribution >= 4 is 22.5 Å². The summed E-state index contributed by atoms with van der Waals surface area (Å²) in [5, 5.41) is 12.1. The lowest BCUT2D eigenvalue weighted by atomic mass is 10.1. The molecule has 1 N–H and O–H groups in total. The Morgan fingerprint density at radius 2 is 1.86 bits per heavy atom. The van der Waals surface area contributed by atoms with Crippen molar-refractivity contribution in [2.24, 2.45) is 0 Å². The zero-order valence-electron chi connectivity index (χ0n) is 13.0. The lowest BCUT2D eigenvalue weighted by molar-refractivity contribution is 0.208. The van der Waals surface area contributed by atoms with Gasteiger partial charge in [-0.1, -0.05) is 37.3 Å². The first-order valence-corrected chi connectivity index (χ1v) is 7.82. The van der Waals surface area contributed by atoms with Gasteiger partial charge in [-0.2, -0.15) is 0 Å². The van der Waals surface area contributed by atoms with E-state index in [1.807, 2.05) is 20.8 Å². The fourth-order valence-electron chi connectivity index (χ4n) is 1.84. The fraction of sp³-hybridized carbons (Fsp3) is 0.400. The molecule has 0 spiro atoms. The minimum absolute atomic E-state index is 0.182. The molecule has 22 heavy (non-hydrogen) atoms. The highest BCUT2D eigenvalue weighted by atomic mass is 32.1. The van der Waals surface area contributed by atoms with Crippen LogP contribution in [0.5, 0.6) is 0 Å². The van der Waals surface area contributed by atoms with E-state index in [0.29, 0.717) is 5.13 Å². The van der Waals surface area contributed by atoms with Gasteiger partial charge in [0.2, 0.25) is 5.13 Å². The molecule has 7 heteroatoms. The van der Waals surface area contributed by atoms with Gasteiger partial charge in [0, 0.05) is 13.0 Å². The Kier molecular flexibility index (Phi) is 5.07. The van der Waals surface area contributed by atoms with Crippen LogP contribution in [0, 0.1) is 5.82 Å².